The number of halogens is 1. The zero-order valence-corrected chi connectivity index (χ0v) is 11.0. The van der Waals surface area contributed by atoms with Gasteiger partial charge in [-0.25, -0.2) is 4.68 Å². The second-order valence-electron chi connectivity index (χ2n) is 4.71. The van der Waals surface area contributed by atoms with Crippen LogP contribution in [-0.4, -0.2) is 16.1 Å². The van der Waals surface area contributed by atoms with Gasteiger partial charge in [0.2, 0.25) is 0 Å². The van der Waals surface area contributed by atoms with Gasteiger partial charge < -0.3 is 0 Å². The quantitative estimate of drug-likeness (QED) is 0.607. The van der Waals surface area contributed by atoms with Crippen LogP contribution >= 0.6 is 11.6 Å². The first-order chi connectivity index (χ1) is 8.27. The predicted octanol–water partition coefficient (Wildman–Crippen LogP) is 3.81. The maximum absolute atomic E-state index is 11.0. The molecule has 1 aromatic heterocycles. The third kappa shape index (κ3) is 2.54. The maximum Gasteiger partial charge on any atom is 0.155 e. The number of aldehydes is 1. The largest absolute Gasteiger partial charge is 0.298 e. The first-order valence-electron chi connectivity index (χ1n) is 6.50. The average Bonchev–Trinajstić information content (AvgIpc) is 2.55. The van der Waals surface area contributed by atoms with E-state index in [-0.39, 0.29) is 0 Å². The summed E-state index contributed by atoms with van der Waals surface area (Å²) in [4.78, 5) is 11.0. The Morgan fingerprint density at radius 2 is 2.00 bits per heavy atom. The molecule has 2 rings (SSSR count). The van der Waals surface area contributed by atoms with Crippen molar-refractivity contribution >= 4 is 17.9 Å². The van der Waals surface area contributed by atoms with E-state index in [1.54, 1.807) is 0 Å². The van der Waals surface area contributed by atoms with Gasteiger partial charge in [-0.05, 0) is 19.3 Å². The molecule has 3 nitrogen and oxygen atoms in total. The lowest BCUT2D eigenvalue weighted by molar-refractivity contribution is 0.112. The summed E-state index contributed by atoms with van der Waals surface area (Å²) < 4.78 is 1.88. The Bertz CT molecular complexity index is 392. The van der Waals surface area contributed by atoms with Gasteiger partial charge in [-0.3, -0.25) is 4.79 Å². The normalized spacial score (nSPS) is 18.0. The first-order valence-corrected chi connectivity index (χ1v) is 6.87. The summed E-state index contributed by atoms with van der Waals surface area (Å²) in [6, 6.07) is 0.379. The average molecular weight is 255 g/mol. The van der Waals surface area contributed by atoms with E-state index in [4.69, 9.17) is 11.6 Å². The number of carbonyl (C=O) groups is 1. The first kappa shape index (κ1) is 12.6. The number of aromatic nitrogens is 2. The molecule has 0 aromatic carbocycles. The summed E-state index contributed by atoms with van der Waals surface area (Å²) in [5, 5.41) is 5.05. The van der Waals surface area contributed by atoms with E-state index in [9.17, 15) is 4.79 Å². The van der Waals surface area contributed by atoms with Crippen LogP contribution < -0.4 is 0 Å². The molecular weight excluding hydrogens is 236 g/mol. The van der Waals surface area contributed by atoms with Crippen LogP contribution in [0.5, 0.6) is 0 Å². The number of hydrogen-bond acceptors (Lipinski definition) is 2. The highest BCUT2D eigenvalue weighted by Gasteiger charge is 2.21. The molecular formula is C13H19ClN2O. The van der Waals surface area contributed by atoms with Crippen LogP contribution in [0.1, 0.15) is 67.5 Å². The fourth-order valence-electron chi connectivity index (χ4n) is 2.59. The van der Waals surface area contributed by atoms with Crippen molar-refractivity contribution in [2.75, 3.05) is 0 Å². The number of aryl methyl sites for hydroxylation is 1. The lowest BCUT2D eigenvalue weighted by Gasteiger charge is -2.15. The van der Waals surface area contributed by atoms with Gasteiger partial charge in [0.05, 0.1) is 17.3 Å². The molecule has 0 atom stereocenters. The van der Waals surface area contributed by atoms with E-state index >= 15 is 0 Å². The summed E-state index contributed by atoms with van der Waals surface area (Å²) in [5.41, 5.74) is 1.41. The SMILES string of the molecule is CCc1nn(C2CCCCCC2)c(Cl)c1C=O. The summed E-state index contributed by atoms with van der Waals surface area (Å²) in [5.74, 6) is 0. The van der Waals surface area contributed by atoms with Gasteiger partial charge in [-0.2, -0.15) is 5.10 Å². The second kappa shape index (κ2) is 5.67. The molecule has 0 N–H and O–H groups in total. The van der Waals surface area contributed by atoms with Crippen LogP contribution in [-0.2, 0) is 6.42 Å². The summed E-state index contributed by atoms with van der Waals surface area (Å²) in [6.45, 7) is 2.00. The smallest absolute Gasteiger partial charge is 0.155 e. The van der Waals surface area contributed by atoms with Crippen molar-refractivity contribution in [3.63, 3.8) is 0 Å². The summed E-state index contributed by atoms with van der Waals surface area (Å²) >= 11 is 6.26. The van der Waals surface area contributed by atoms with Crippen molar-refractivity contribution in [1.29, 1.82) is 0 Å². The molecule has 1 saturated carbocycles. The fourth-order valence-corrected chi connectivity index (χ4v) is 2.92. The molecule has 0 amide bonds. The highest BCUT2D eigenvalue weighted by atomic mass is 35.5. The Balaban J connectivity index is 2.30. The van der Waals surface area contributed by atoms with E-state index in [0.717, 1.165) is 31.2 Å². The van der Waals surface area contributed by atoms with Crippen LogP contribution in [0.25, 0.3) is 0 Å². The van der Waals surface area contributed by atoms with Gasteiger partial charge in [-0.1, -0.05) is 44.2 Å². The third-order valence-corrected chi connectivity index (χ3v) is 3.96. The van der Waals surface area contributed by atoms with Crippen molar-refractivity contribution in [1.82, 2.24) is 9.78 Å². The third-order valence-electron chi connectivity index (χ3n) is 3.59. The van der Waals surface area contributed by atoms with Gasteiger partial charge >= 0.3 is 0 Å². The Morgan fingerprint density at radius 3 is 2.47 bits per heavy atom. The minimum Gasteiger partial charge on any atom is -0.298 e. The van der Waals surface area contributed by atoms with Gasteiger partial charge in [0.1, 0.15) is 5.15 Å². The lowest BCUT2D eigenvalue weighted by atomic mass is 10.1. The molecule has 0 spiro atoms. The minimum atomic E-state index is 0.379. The van der Waals surface area contributed by atoms with Gasteiger partial charge in [-0.15, -0.1) is 0 Å². The predicted molar refractivity (Wildman–Crippen MR) is 68.7 cm³/mol. The number of nitrogens with zero attached hydrogens (tertiary/aromatic N) is 2. The van der Waals surface area contributed by atoms with E-state index in [2.05, 4.69) is 5.10 Å². The Morgan fingerprint density at radius 1 is 1.35 bits per heavy atom. The zero-order valence-electron chi connectivity index (χ0n) is 10.3. The Kier molecular flexibility index (Phi) is 4.21. The molecule has 17 heavy (non-hydrogen) atoms. The molecule has 1 aromatic rings. The minimum absolute atomic E-state index is 0.379. The monoisotopic (exact) mass is 254 g/mol. The van der Waals surface area contributed by atoms with E-state index < -0.39 is 0 Å². The number of hydrogen-bond donors (Lipinski definition) is 0. The fraction of sp³-hybridized carbons (Fsp3) is 0.692. The molecule has 94 valence electrons. The highest BCUT2D eigenvalue weighted by Crippen LogP contribution is 2.31. The number of carbonyl (C=O) groups excluding carboxylic acids is 1. The molecule has 1 aliphatic carbocycles. The zero-order chi connectivity index (χ0) is 12.3. The van der Waals surface area contributed by atoms with Crippen molar-refractivity contribution < 1.29 is 4.79 Å². The molecule has 0 radical (unpaired) electrons. The van der Waals surface area contributed by atoms with E-state index in [1.807, 2.05) is 11.6 Å². The van der Waals surface area contributed by atoms with Crippen molar-refractivity contribution in [3.05, 3.63) is 16.4 Å². The van der Waals surface area contributed by atoms with Crippen LogP contribution in [0.3, 0.4) is 0 Å². The Hall–Kier alpha value is -0.830. The van der Waals surface area contributed by atoms with Crippen LogP contribution in [0.4, 0.5) is 0 Å². The van der Waals surface area contributed by atoms with Crippen molar-refractivity contribution in [3.8, 4) is 0 Å². The molecule has 1 heterocycles. The number of rotatable bonds is 3. The molecule has 0 saturated heterocycles. The molecule has 1 aliphatic rings. The van der Waals surface area contributed by atoms with Crippen LogP contribution in [0.15, 0.2) is 0 Å². The standard InChI is InChI=1S/C13H19ClN2O/c1-2-12-11(9-17)13(14)16(15-12)10-7-5-3-4-6-8-10/h9-10H,2-8H2,1H3. The molecule has 1 fully saturated rings. The molecule has 0 unspecified atom stereocenters. The highest BCUT2D eigenvalue weighted by molar-refractivity contribution is 6.32. The second-order valence-corrected chi connectivity index (χ2v) is 5.07. The topological polar surface area (TPSA) is 34.9 Å². The lowest BCUT2D eigenvalue weighted by Crippen LogP contribution is -2.10. The van der Waals surface area contributed by atoms with Crippen LogP contribution in [0.2, 0.25) is 5.15 Å². The van der Waals surface area contributed by atoms with Crippen molar-refractivity contribution in [2.24, 2.45) is 0 Å². The van der Waals surface area contributed by atoms with E-state index in [0.29, 0.717) is 16.8 Å². The van der Waals surface area contributed by atoms with Gasteiger partial charge in [0, 0.05) is 0 Å². The van der Waals surface area contributed by atoms with Gasteiger partial charge in [0.15, 0.2) is 6.29 Å². The maximum atomic E-state index is 11.0. The summed E-state index contributed by atoms with van der Waals surface area (Å²) in [6.07, 6.45) is 8.92. The molecule has 4 heteroatoms. The molecule has 0 bridgehead atoms. The Labute approximate surface area is 107 Å². The molecule has 0 aliphatic heterocycles. The van der Waals surface area contributed by atoms with E-state index in [1.165, 1.54) is 25.7 Å². The van der Waals surface area contributed by atoms with Crippen molar-refractivity contribution in [2.45, 2.75) is 57.9 Å². The summed E-state index contributed by atoms with van der Waals surface area (Å²) in [7, 11) is 0. The van der Waals surface area contributed by atoms with Gasteiger partial charge in [0.25, 0.3) is 0 Å². The van der Waals surface area contributed by atoms with Crippen LogP contribution in [0, 0.1) is 0 Å².